The lowest BCUT2D eigenvalue weighted by molar-refractivity contribution is 0.257. The summed E-state index contributed by atoms with van der Waals surface area (Å²) in [5.74, 6) is 0.477. The first-order valence-electron chi connectivity index (χ1n) is 6.67. The molecule has 2 heterocycles. The first-order valence-corrected chi connectivity index (χ1v) is 6.67. The van der Waals surface area contributed by atoms with Crippen LogP contribution in [0.1, 0.15) is 23.2 Å². The predicted molar refractivity (Wildman–Crippen MR) is 75.3 cm³/mol. The molecule has 0 radical (unpaired) electrons. The molecular formula is C15H18N4. The number of nitrogens with zero attached hydrogens (tertiary/aromatic N) is 3. The summed E-state index contributed by atoms with van der Waals surface area (Å²) in [7, 11) is 0. The van der Waals surface area contributed by atoms with Crippen molar-refractivity contribution in [3.8, 4) is 0 Å². The van der Waals surface area contributed by atoms with Crippen LogP contribution in [0, 0.1) is 0 Å². The third-order valence-electron chi connectivity index (χ3n) is 3.54. The molecule has 19 heavy (non-hydrogen) atoms. The molecule has 0 aliphatic carbocycles. The minimum atomic E-state index is 0.477. The number of nitrogen functional groups attached to an aromatic ring is 1. The lowest BCUT2D eigenvalue weighted by Crippen LogP contribution is -2.23. The Morgan fingerprint density at radius 2 is 1.95 bits per heavy atom. The number of aryl methyl sites for hydroxylation is 1. The zero-order valence-electron chi connectivity index (χ0n) is 10.9. The normalized spacial score (nSPS) is 15.8. The maximum Gasteiger partial charge on any atom is 0.141 e. The third kappa shape index (κ3) is 2.90. The number of fused-ring (bicyclic) bond motifs is 1. The van der Waals surface area contributed by atoms with Gasteiger partial charge in [0, 0.05) is 13.1 Å². The molecule has 0 bridgehead atoms. The lowest BCUT2D eigenvalue weighted by atomic mass is 10.0. The molecule has 1 aromatic heterocycles. The minimum absolute atomic E-state index is 0.477. The summed E-state index contributed by atoms with van der Waals surface area (Å²) < 4.78 is 0. The van der Waals surface area contributed by atoms with E-state index in [1.165, 1.54) is 24.0 Å². The fourth-order valence-electron chi connectivity index (χ4n) is 2.58. The molecule has 0 saturated carbocycles. The highest BCUT2D eigenvalue weighted by molar-refractivity contribution is 5.28. The van der Waals surface area contributed by atoms with Crippen molar-refractivity contribution in [2.45, 2.75) is 25.9 Å². The van der Waals surface area contributed by atoms with E-state index in [4.69, 9.17) is 5.73 Å². The first kappa shape index (κ1) is 12.1. The van der Waals surface area contributed by atoms with Crippen LogP contribution in [-0.4, -0.2) is 21.4 Å². The molecule has 0 saturated heterocycles. The molecule has 0 unspecified atom stereocenters. The molecule has 1 aromatic carbocycles. The van der Waals surface area contributed by atoms with Gasteiger partial charge in [-0.25, -0.2) is 4.98 Å². The Hall–Kier alpha value is -1.94. The van der Waals surface area contributed by atoms with Gasteiger partial charge in [0.15, 0.2) is 0 Å². The Bertz CT molecular complexity index is 550. The van der Waals surface area contributed by atoms with Crippen LogP contribution in [0.3, 0.4) is 0 Å². The fourth-order valence-corrected chi connectivity index (χ4v) is 2.58. The monoisotopic (exact) mass is 254 g/mol. The average Bonchev–Trinajstić information content (AvgIpc) is 2.63. The molecule has 1 aliphatic heterocycles. The van der Waals surface area contributed by atoms with Crippen molar-refractivity contribution < 1.29 is 0 Å². The standard InChI is InChI=1S/C15H18N4/c16-15-9-17-14(8-18-15)11-19-7-3-6-12-4-1-2-5-13(12)10-19/h1-2,4-5,8-9H,3,6-7,10-11H2,(H2,16,18). The second kappa shape index (κ2) is 5.36. The van der Waals surface area contributed by atoms with Gasteiger partial charge in [-0.15, -0.1) is 0 Å². The molecule has 2 aromatic rings. The van der Waals surface area contributed by atoms with E-state index < -0.39 is 0 Å². The second-order valence-corrected chi connectivity index (χ2v) is 5.02. The Morgan fingerprint density at radius 1 is 1.11 bits per heavy atom. The van der Waals surface area contributed by atoms with Crippen molar-refractivity contribution in [1.82, 2.24) is 14.9 Å². The van der Waals surface area contributed by atoms with Crippen LogP contribution in [-0.2, 0) is 19.5 Å². The Balaban J connectivity index is 1.74. The van der Waals surface area contributed by atoms with Crippen LogP contribution in [0.25, 0.3) is 0 Å². The van der Waals surface area contributed by atoms with Gasteiger partial charge in [0.2, 0.25) is 0 Å². The molecule has 0 atom stereocenters. The number of nitrogens with two attached hydrogens (primary N) is 1. The smallest absolute Gasteiger partial charge is 0.141 e. The van der Waals surface area contributed by atoms with E-state index in [1.54, 1.807) is 12.4 Å². The molecule has 4 heteroatoms. The van der Waals surface area contributed by atoms with Crippen molar-refractivity contribution in [3.63, 3.8) is 0 Å². The predicted octanol–water partition coefficient (Wildman–Crippen LogP) is 2.01. The van der Waals surface area contributed by atoms with Crippen molar-refractivity contribution in [3.05, 3.63) is 53.5 Å². The number of aromatic nitrogens is 2. The zero-order valence-corrected chi connectivity index (χ0v) is 10.9. The summed E-state index contributed by atoms with van der Waals surface area (Å²) in [6.45, 7) is 2.92. The van der Waals surface area contributed by atoms with Crippen LogP contribution in [0.15, 0.2) is 36.7 Å². The molecule has 4 nitrogen and oxygen atoms in total. The second-order valence-electron chi connectivity index (χ2n) is 5.02. The molecular weight excluding hydrogens is 236 g/mol. The molecule has 3 rings (SSSR count). The molecule has 0 amide bonds. The summed E-state index contributed by atoms with van der Waals surface area (Å²) in [6, 6.07) is 8.70. The lowest BCUT2D eigenvalue weighted by Gasteiger charge is -2.19. The van der Waals surface area contributed by atoms with E-state index in [-0.39, 0.29) is 0 Å². The van der Waals surface area contributed by atoms with Crippen LogP contribution in [0.5, 0.6) is 0 Å². The summed E-state index contributed by atoms with van der Waals surface area (Å²) in [5.41, 5.74) is 9.45. The third-order valence-corrected chi connectivity index (χ3v) is 3.54. The van der Waals surface area contributed by atoms with Crippen molar-refractivity contribution in [2.24, 2.45) is 0 Å². The van der Waals surface area contributed by atoms with Crippen molar-refractivity contribution in [2.75, 3.05) is 12.3 Å². The van der Waals surface area contributed by atoms with Crippen molar-refractivity contribution in [1.29, 1.82) is 0 Å². The van der Waals surface area contributed by atoms with Gasteiger partial charge in [0.25, 0.3) is 0 Å². The van der Waals surface area contributed by atoms with Gasteiger partial charge in [-0.05, 0) is 30.5 Å². The largest absolute Gasteiger partial charge is 0.382 e. The van der Waals surface area contributed by atoms with Crippen LogP contribution in [0.2, 0.25) is 0 Å². The van der Waals surface area contributed by atoms with E-state index in [0.29, 0.717) is 5.82 Å². The number of hydrogen-bond acceptors (Lipinski definition) is 4. The Labute approximate surface area is 113 Å². The van der Waals surface area contributed by atoms with Gasteiger partial charge >= 0.3 is 0 Å². The Morgan fingerprint density at radius 3 is 2.74 bits per heavy atom. The number of rotatable bonds is 2. The average molecular weight is 254 g/mol. The van der Waals surface area contributed by atoms with Crippen LogP contribution < -0.4 is 5.73 Å². The summed E-state index contributed by atoms with van der Waals surface area (Å²) in [4.78, 5) is 10.9. The van der Waals surface area contributed by atoms with E-state index in [1.807, 2.05) is 0 Å². The first-order chi connectivity index (χ1) is 9.31. The summed E-state index contributed by atoms with van der Waals surface area (Å²) >= 11 is 0. The zero-order chi connectivity index (χ0) is 13.1. The number of benzene rings is 1. The van der Waals surface area contributed by atoms with Crippen LogP contribution in [0.4, 0.5) is 5.82 Å². The van der Waals surface area contributed by atoms with Crippen LogP contribution >= 0.6 is 0 Å². The van der Waals surface area contributed by atoms with E-state index in [9.17, 15) is 0 Å². The fraction of sp³-hybridized carbons (Fsp3) is 0.333. The number of anilines is 1. The number of hydrogen-bond donors (Lipinski definition) is 1. The summed E-state index contributed by atoms with van der Waals surface area (Å²) in [5, 5.41) is 0. The van der Waals surface area contributed by atoms with E-state index in [2.05, 4.69) is 39.1 Å². The highest BCUT2D eigenvalue weighted by Crippen LogP contribution is 2.19. The van der Waals surface area contributed by atoms with E-state index in [0.717, 1.165) is 25.3 Å². The van der Waals surface area contributed by atoms with Gasteiger partial charge in [0.05, 0.1) is 18.1 Å². The quantitative estimate of drug-likeness (QED) is 0.890. The minimum Gasteiger partial charge on any atom is -0.382 e. The molecule has 1 aliphatic rings. The molecule has 0 fully saturated rings. The van der Waals surface area contributed by atoms with Crippen molar-refractivity contribution >= 4 is 5.82 Å². The maximum absolute atomic E-state index is 5.56. The van der Waals surface area contributed by atoms with Gasteiger partial charge in [-0.2, -0.15) is 0 Å². The van der Waals surface area contributed by atoms with Gasteiger partial charge in [0.1, 0.15) is 5.82 Å². The highest BCUT2D eigenvalue weighted by Gasteiger charge is 2.14. The maximum atomic E-state index is 5.56. The molecule has 0 spiro atoms. The topological polar surface area (TPSA) is 55.0 Å². The van der Waals surface area contributed by atoms with Gasteiger partial charge in [-0.1, -0.05) is 24.3 Å². The summed E-state index contributed by atoms with van der Waals surface area (Å²) in [6.07, 6.45) is 5.76. The Kier molecular flexibility index (Phi) is 3.42. The van der Waals surface area contributed by atoms with Gasteiger partial charge < -0.3 is 5.73 Å². The van der Waals surface area contributed by atoms with Gasteiger partial charge in [-0.3, -0.25) is 9.88 Å². The molecule has 98 valence electrons. The van der Waals surface area contributed by atoms with E-state index >= 15 is 0 Å². The molecule has 2 N–H and O–H groups in total. The highest BCUT2D eigenvalue weighted by atomic mass is 15.1. The SMILES string of the molecule is Nc1cnc(CN2CCCc3ccccc3C2)cn1.